The van der Waals surface area contributed by atoms with Gasteiger partial charge in [-0.3, -0.25) is 9.69 Å². The van der Waals surface area contributed by atoms with Crippen molar-refractivity contribution in [1.29, 1.82) is 0 Å². The van der Waals surface area contributed by atoms with Crippen molar-refractivity contribution in [2.45, 2.75) is 13.8 Å². The third-order valence-electron chi connectivity index (χ3n) is 3.23. The minimum absolute atomic E-state index is 0.270. The Bertz CT molecular complexity index is 323. The summed E-state index contributed by atoms with van der Waals surface area (Å²) in [6, 6.07) is 3.85. The van der Waals surface area contributed by atoms with Crippen LogP contribution in [-0.4, -0.2) is 30.3 Å². The van der Waals surface area contributed by atoms with E-state index in [-0.39, 0.29) is 5.78 Å². The van der Waals surface area contributed by atoms with Crippen LogP contribution in [0.3, 0.4) is 0 Å². The molecule has 1 saturated heterocycles. The van der Waals surface area contributed by atoms with Gasteiger partial charge in [-0.2, -0.15) is 0 Å². The molecule has 2 atom stereocenters. The minimum Gasteiger partial charge on any atom is -0.295 e. The van der Waals surface area contributed by atoms with E-state index in [9.17, 15) is 4.79 Å². The molecule has 0 radical (unpaired) electrons. The van der Waals surface area contributed by atoms with Gasteiger partial charge in [0, 0.05) is 13.1 Å². The lowest BCUT2D eigenvalue weighted by atomic mass is 10.0. The first kappa shape index (κ1) is 10.8. The van der Waals surface area contributed by atoms with Gasteiger partial charge in [-0.15, -0.1) is 11.3 Å². The van der Waals surface area contributed by atoms with Gasteiger partial charge in [0.15, 0.2) is 5.78 Å². The highest BCUT2D eigenvalue weighted by atomic mass is 32.1. The molecule has 1 aliphatic rings. The first-order chi connectivity index (χ1) is 7.16. The van der Waals surface area contributed by atoms with Crippen molar-refractivity contribution >= 4 is 17.1 Å². The van der Waals surface area contributed by atoms with Gasteiger partial charge in [0.25, 0.3) is 0 Å². The molecule has 1 fully saturated rings. The Kier molecular flexibility index (Phi) is 3.22. The second-order valence-electron chi connectivity index (χ2n) is 4.55. The zero-order valence-electron chi connectivity index (χ0n) is 9.27. The average Bonchev–Trinajstić information content (AvgIpc) is 2.77. The zero-order valence-corrected chi connectivity index (χ0v) is 10.1. The summed E-state index contributed by atoms with van der Waals surface area (Å²) in [5.74, 6) is 1.72. The second-order valence-corrected chi connectivity index (χ2v) is 5.50. The van der Waals surface area contributed by atoms with Crippen LogP contribution >= 0.6 is 11.3 Å². The Hall–Kier alpha value is -0.670. The molecular formula is C12H17NOS. The number of carbonyl (C=O) groups is 1. The van der Waals surface area contributed by atoms with Crippen molar-refractivity contribution in [3.63, 3.8) is 0 Å². The molecule has 2 unspecified atom stereocenters. The fourth-order valence-electron chi connectivity index (χ4n) is 2.10. The summed E-state index contributed by atoms with van der Waals surface area (Å²) >= 11 is 1.54. The van der Waals surface area contributed by atoms with Crippen molar-refractivity contribution in [3.05, 3.63) is 22.4 Å². The van der Waals surface area contributed by atoms with Crippen molar-refractivity contribution < 1.29 is 4.79 Å². The van der Waals surface area contributed by atoms with Gasteiger partial charge in [-0.25, -0.2) is 0 Å². The standard InChI is InChI=1S/C12H17NOS/c1-9-6-13(7-10(9)2)8-11(14)12-4-3-5-15-12/h3-5,9-10H,6-8H2,1-2H3. The molecule has 0 aromatic carbocycles. The molecule has 0 spiro atoms. The van der Waals surface area contributed by atoms with E-state index < -0.39 is 0 Å². The summed E-state index contributed by atoms with van der Waals surface area (Å²) in [4.78, 5) is 15.0. The van der Waals surface area contributed by atoms with E-state index in [0.29, 0.717) is 6.54 Å². The summed E-state index contributed by atoms with van der Waals surface area (Å²) < 4.78 is 0. The molecule has 2 nitrogen and oxygen atoms in total. The van der Waals surface area contributed by atoms with Crippen LogP contribution in [0.2, 0.25) is 0 Å². The van der Waals surface area contributed by atoms with Crippen LogP contribution in [0.4, 0.5) is 0 Å². The molecule has 0 bridgehead atoms. The molecule has 82 valence electrons. The lowest BCUT2D eigenvalue weighted by Crippen LogP contribution is -2.27. The summed E-state index contributed by atoms with van der Waals surface area (Å²) in [7, 11) is 0. The quantitative estimate of drug-likeness (QED) is 0.734. The highest BCUT2D eigenvalue weighted by Crippen LogP contribution is 2.22. The van der Waals surface area contributed by atoms with Gasteiger partial charge in [0.2, 0.25) is 0 Å². The molecule has 1 aromatic heterocycles. The maximum Gasteiger partial charge on any atom is 0.186 e. The van der Waals surface area contributed by atoms with Gasteiger partial charge in [-0.1, -0.05) is 19.9 Å². The van der Waals surface area contributed by atoms with Gasteiger partial charge < -0.3 is 0 Å². The third kappa shape index (κ3) is 2.47. The van der Waals surface area contributed by atoms with Crippen LogP contribution in [0.1, 0.15) is 23.5 Å². The second kappa shape index (κ2) is 4.45. The van der Waals surface area contributed by atoms with E-state index in [2.05, 4.69) is 18.7 Å². The van der Waals surface area contributed by atoms with Crippen molar-refractivity contribution in [1.82, 2.24) is 4.90 Å². The number of carbonyl (C=O) groups excluding carboxylic acids is 1. The topological polar surface area (TPSA) is 20.3 Å². The summed E-state index contributed by atoms with van der Waals surface area (Å²) in [6.07, 6.45) is 0. The number of nitrogens with zero attached hydrogens (tertiary/aromatic N) is 1. The van der Waals surface area contributed by atoms with E-state index >= 15 is 0 Å². The van der Waals surface area contributed by atoms with Gasteiger partial charge >= 0.3 is 0 Å². The molecule has 1 aromatic rings. The van der Waals surface area contributed by atoms with Crippen LogP contribution in [0, 0.1) is 11.8 Å². The van der Waals surface area contributed by atoms with Crippen LogP contribution in [0.25, 0.3) is 0 Å². The van der Waals surface area contributed by atoms with Crippen molar-refractivity contribution in [3.8, 4) is 0 Å². The van der Waals surface area contributed by atoms with Crippen molar-refractivity contribution in [2.75, 3.05) is 19.6 Å². The van der Waals surface area contributed by atoms with Crippen LogP contribution in [0.15, 0.2) is 17.5 Å². The van der Waals surface area contributed by atoms with Crippen LogP contribution in [-0.2, 0) is 0 Å². The molecule has 0 N–H and O–H groups in total. The van der Waals surface area contributed by atoms with E-state index in [1.54, 1.807) is 0 Å². The molecule has 1 aliphatic heterocycles. The number of thiophene rings is 1. The zero-order chi connectivity index (χ0) is 10.8. The summed E-state index contributed by atoms with van der Waals surface area (Å²) in [5.41, 5.74) is 0. The highest BCUT2D eigenvalue weighted by molar-refractivity contribution is 7.12. The lowest BCUT2D eigenvalue weighted by Gasteiger charge is -2.13. The van der Waals surface area contributed by atoms with Crippen LogP contribution < -0.4 is 0 Å². The molecule has 2 rings (SSSR count). The number of likely N-dealkylation sites (tertiary alicyclic amines) is 1. The average molecular weight is 223 g/mol. The molecule has 0 amide bonds. The monoisotopic (exact) mass is 223 g/mol. The van der Waals surface area contributed by atoms with E-state index in [1.165, 1.54) is 11.3 Å². The van der Waals surface area contributed by atoms with Crippen molar-refractivity contribution in [2.24, 2.45) is 11.8 Å². The molecule has 2 heterocycles. The number of Topliss-reactive ketones (excluding diaryl/α,β-unsaturated/α-hetero) is 1. The fraction of sp³-hybridized carbons (Fsp3) is 0.583. The number of hydrogen-bond acceptors (Lipinski definition) is 3. The Morgan fingerprint density at radius 2 is 2.13 bits per heavy atom. The number of ketones is 1. The first-order valence-corrected chi connectivity index (χ1v) is 6.34. The Morgan fingerprint density at radius 3 is 2.67 bits per heavy atom. The Balaban J connectivity index is 1.91. The molecule has 0 saturated carbocycles. The molecule has 0 aliphatic carbocycles. The van der Waals surface area contributed by atoms with Crippen LogP contribution in [0.5, 0.6) is 0 Å². The van der Waals surface area contributed by atoms with E-state index in [0.717, 1.165) is 29.8 Å². The van der Waals surface area contributed by atoms with E-state index in [4.69, 9.17) is 0 Å². The normalized spacial score (nSPS) is 27.1. The predicted molar refractivity (Wildman–Crippen MR) is 63.4 cm³/mol. The van der Waals surface area contributed by atoms with E-state index in [1.807, 2.05) is 17.5 Å². The maximum absolute atomic E-state index is 11.8. The third-order valence-corrected chi connectivity index (χ3v) is 4.14. The first-order valence-electron chi connectivity index (χ1n) is 5.46. The minimum atomic E-state index is 0.270. The predicted octanol–water partition coefficient (Wildman–Crippen LogP) is 2.52. The molecule has 3 heteroatoms. The van der Waals surface area contributed by atoms with Gasteiger partial charge in [-0.05, 0) is 23.3 Å². The smallest absolute Gasteiger partial charge is 0.186 e. The Labute approximate surface area is 94.9 Å². The lowest BCUT2D eigenvalue weighted by molar-refractivity contribution is 0.0946. The molecular weight excluding hydrogens is 206 g/mol. The molecule has 15 heavy (non-hydrogen) atoms. The number of rotatable bonds is 3. The van der Waals surface area contributed by atoms with Gasteiger partial charge in [0.1, 0.15) is 0 Å². The Morgan fingerprint density at radius 1 is 1.47 bits per heavy atom. The largest absolute Gasteiger partial charge is 0.295 e. The summed E-state index contributed by atoms with van der Waals surface area (Å²) in [6.45, 7) is 7.26. The number of hydrogen-bond donors (Lipinski definition) is 0. The summed E-state index contributed by atoms with van der Waals surface area (Å²) in [5, 5.41) is 1.96. The maximum atomic E-state index is 11.8. The highest BCUT2D eigenvalue weighted by Gasteiger charge is 2.27. The van der Waals surface area contributed by atoms with Gasteiger partial charge in [0.05, 0.1) is 11.4 Å². The fourth-order valence-corrected chi connectivity index (χ4v) is 2.75. The SMILES string of the molecule is CC1CN(CC(=O)c2cccs2)CC1C.